The van der Waals surface area contributed by atoms with Crippen molar-refractivity contribution < 1.29 is 18.3 Å². The van der Waals surface area contributed by atoms with Crippen LogP contribution < -0.4 is 4.74 Å². The maximum atomic E-state index is 14.2. The summed E-state index contributed by atoms with van der Waals surface area (Å²) < 4.78 is 39.5. The second kappa shape index (κ2) is 10.4. The quantitative estimate of drug-likeness (QED) is 0.463. The number of ether oxygens (including phenoxy) is 2. The molecule has 0 spiro atoms. The Labute approximate surface area is 168 Å². The zero-order valence-electron chi connectivity index (χ0n) is 17.3. The van der Waals surface area contributed by atoms with Gasteiger partial charge in [0.2, 0.25) is 5.82 Å². The van der Waals surface area contributed by atoms with Crippen LogP contribution in [0.3, 0.4) is 0 Å². The van der Waals surface area contributed by atoms with E-state index in [4.69, 9.17) is 9.47 Å². The van der Waals surface area contributed by atoms with Crippen LogP contribution >= 0.6 is 0 Å². The molecule has 0 saturated heterocycles. The maximum Gasteiger partial charge on any atom is 0.200 e. The van der Waals surface area contributed by atoms with Crippen LogP contribution in [0.15, 0.2) is 23.8 Å². The number of halogens is 2. The first-order valence-electron chi connectivity index (χ1n) is 11.0. The van der Waals surface area contributed by atoms with Gasteiger partial charge in [0.05, 0.1) is 19.3 Å². The molecule has 1 aromatic rings. The zero-order chi connectivity index (χ0) is 19.9. The molecule has 0 N–H and O–H groups in total. The van der Waals surface area contributed by atoms with Gasteiger partial charge < -0.3 is 9.47 Å². The molecule has 1 aliphatic carbocycles. The first kappa shape index (κ1) is 21.3. The Kier molecular flexibility index (Phi) is 7.90. The van der Waals surface area contributed by atoms with Crippen LogP contribution in [0.5, 0.6) is 5.75 Å². The number of benzene rings is 1. The van der Waals surface area contributed by atoms with E-state index in [0.717, 1.165) is 12.3 Å². The second-order valence-electron chi connectivity index (χ2n) is 8.30. The van der Waals surface area contributed by atoms with Crippen molar-refractivity contribution in [3.05, 3.63) is 41.0 Å². The number of hydrogen-bond acceptors (Lipinski definition) is 2. The van der Waals surface area contributed by atoms with Crippen LogP contribution in [0.1, 0.15) is 70.8 Å². The van der Waals surface area contributed by atoms with Crippen LogP contribution in [0.25, 0.3) is 0 Å². The number of aryl methyl sites for hydroxylation is 1. The molecule has 2 aliphatic rings. The first-order valence-corrected chi connectivity index (χ1v) is 11.0. The van der Waals surface area contributed by atoms with Gasteiger partial charge in [-0.25, -0.2) is 4.39 Å². The smallest absolute Gasteiger partial charge is 0.200 e. The summed E-state index contributed by atoms with van der Waals surface area (Å²) in [6.45, 7) is 4.98. The molecule has 1 unspecified atom stereocenters. The highest BCUT2D eigenvalue weighted by molar-refractivity contribution is 5.31. The van der Waals surface area contributed by atoms with Crippen molar-refractivity contribution in [3.8, 4) is 5.75 Å². The molecule has 28 heavy (non-hydrogen) atoms. The monoisotopic (exact) mass is 392 g/mol. The van der Waals surface area contributed by atoms with E-state index in [9.17, 15) is 8.78 Å². The fourth-order valence-corrected chi connectivity index (χ4v) is 4.71. The molecule has 0 aromatic heterocycles. The van der Waals surface area contributed by atoms with Gasteiger partial charge >= 0.3 is 0 Å². The van der Waals surface area contributed by atoms with Gasteiger partial charge in [0.15, 0.2) is 11.6 Å². The summed E-state index contributed by atoms with van der Waals surface area (Å²) in [5, 5.41) is 0. The SMILES string of the molecule is CCCC1CCC(C2CC=C(CCc3ccc(OCC)c(F)c3F)CO2)CC1. The fourth-order valence-electron chi connectivity index (χ4n) is 4.71. The molecule has 4 heteroatoms. The molecule has 1 saturated carbocycles. The van der Waals surface area contributed by atoms with Crippen molar-refractivity contribution in [2.24, 2.45) is 11.8 Å². The Balaban J connectivity index is 1.48. The summed E-state index contributed by atoms with van der Waals surface area (Å²) in [4.78, 5) is 0. The fraction of sp³-hybridized carbons (Fsp3) is 0.667. The standard InChI is InChI=1S/C24H34F2O2/c1-3-5-17-6-10-19(11-7-17)21-14-9-18(16-28-21)8-12-20-13-15-22(27-4-2)24(26)23(20)25/h9,13,15,17,19,21H,3-8,10-12,14,16H2,1-2H3. The van der Waals surface area contributed by atoms with E-state index in [1.54, 1.807) is 13.0 Å². The van der Waals surface area contributed by atoms with Crippen LogP contribution in [-0.4, -0.2) is 19.3 Å². The number of hydrogen-bond donors (Lipinski definition) is 0. The third kappa shape index (κ3) is 5.34. The van der Waals surface area contributed by atoms with Gasteiger partial charge in [-0.1, -0.05) is 44.7 Å². The number of rotatable bonds is 8. The lowest BCUT2D eigenvalue weighted by Crippen LogP contribution is -2.30. The van der Waals surface area contributed by atoms with E-state index in [1.165, 1.54) is 50.2 Å². The molecule has 0 amide bonds. The van der Waals surface area contributed by atoms with Crippen LogP contribution in [0.4, 0.5) is 8.78 Å². The Morgan fingerprint density at radius 1 is 1.04 bits per heavy atom. The largest absolute Gasteiger partial charge is 0.491 e. The van der Waals surface area contributed by atoms with Gasteiger partial charge in [-0.05, 0) is 68.1 Å². The van der Waals surface area contributed by atoms with Crippen molar-refractivity contribution in [1.29, 1.82) is 0 Å². The second-order valence-corrected chi connectivity index (χ2v) is 8.30. The Morgan fingerprint density at radius 2 is 1.82 bits per heavy atom. The molecular weight excluding hydrogens is 358 g/mol. The predicted octanol–water partition coefficient (Wildman–Crippen LogP) is 6.62. The minimum atomic E-state index is -0.882. The van der Waals surface area contributed by atoms with Crippen molar-refractivity contribution in [2.45, 2.75) is 77.7 Å². The Hall–Kier alpha value is -1.42. The van der Waals surface area contributed by atoms with Crippen molar-refractivity contribution >= 4 is 0 Å². The maximum absolute atomic E-state index is 14.2. The summed E-state index contributed by atoms with van der Waals surface area (Å²) in [6.07, 6.45) is 12.7. The summed E-state index contributed by atoms with van der Waals surface area (Å²) >= 11 is 0. The zero-order valence-corrected chi connectivity index (χ0v) is 17.3. The molecule has 1 aliphatic heterocycles. The molecule has 0 bridgehead atoms. The molecule has 1 atom stereocenters. The van der Waals surface area contributed by atoms with Crippen molar-refractivity contribution in [1.82, 2.24) is 0 Å². The lowest BCUT2D eigenvalue weighted by Gasteiger charge is -2.35. The van der Waals surface area contributed by atoms with Crippen molar-refractivity contribution in [3.63, 3.8) is 0 Å². The summed E-state index contributed by atoms with van der Waals surface area (Å²) in [7, 11) is 0. The minimum absolute atomic E-state index is 0.0135. The minimum Gasteiger partial charge on any atom is -0.491 e. The predicted molar refractivity (Wildman–Crippen MR) is 109 cm³/mol. The van der Waals surface area contributed by atoms with E-state index in [2.05, 4.69) is 13.0 Å². The van der Waals surface area contributed by atoms with Gasteiger partial charge in [0.25, 0.3) is 0 Å². The Bertz CT molecular complexity index is 663. The molecule has 2 nitrogen and oxygen atoms in total. The molecule has 3 rings (SSSR count). The van der Waals surface area contributed by atoms with Gasteiger partial charge in [0.1, 0.15) is 0 Å². The third-order valence-electron chi connectivity index (χ3n) is 6.38. The van der Waals surface area contributed by atoms with E-state index >= 15 is 0 Å². The highest BCUT2D eigenvalue weighted by atomic mass is 19.2. The average molecular weight is 393 g/mol. The van der Waals surface area contributed by atoms with Crippen LogP contribution in [0, 0.1) is 23.5 Å². The third-order valence-corrected chi connectivity index (χ3v) is 6.38. The topological polar surface area (TPSA) is 18.5 Å². The molecule has 1 heterocycles. The highest BCUT2D eigenvalue weighted by Gasteiger charge is 2.29. The molecule has 1 aromatic carbocycles. The molecular formula is C24H34F2O2. The highest BCUT2D eigenvalue weighted by Crippen LogP contribution is 2.36. The lowest BCUT2D eigenvalue weighted by atomic mass is 9.77. The van der Waals surface area contributed by atoms with Gasteiger partial charge in [-0.15, -0.1) is 0 Å². The van der Waals surface area contributed by atoms with Gasteiger partial charge in [0, 0.05) is 0 Å². The van der Waals surface area contributed by atoms with E-state index in [-0.39, 0.29) is 5.75 Å². The Morgan fingerprint density at radius 3 is 2.46 bits per heavy atom. The van der Waals surface area contributed by atoms with Crippen LogP contribution in [0.2, 0.25) is 0 Å². The van der Waals surface area contributed by atoms with Crippen molar-refractivity contribution in [2.75, 3.05) is 13.2 Å². The molecule has 1 fully saturated rings. The van der Waals surface area contributed by atoms with E-state index < -0.39 is 11.6 Å². The first-order chi connectivity index (χ1) is 13.6. The summed E-state index contributed by atoms with van der Waals surface area (Å²) in [6, 6.07) is 3.15. The van der Waals surface area contributed by atoms with E-state index in [1.807, 2.05) is 0 Å². The average Bonchev–Trinajstić information content (AvgIpc) is 2.72. The normalized spacial score (nSPS) is 25.4. The van der Waals surface area contributed by atoms with E-state index in [0.29, 0.717) is 43.6 Å². The molecule has 0 radical (unpaired) electrons. The van der Waals surface area contributed by atoms with Gasteiger partial charge in [-0.2, -0.15) is 4.39 Å². The summed E-state index contributed by atoms with van der Waals surface area (Å²) in [5.41, 5.74) is 1.60. The lowest BCUT2D eigenvalue weighted by molar-refractivity contribution is -0.000117. The van der Waals surface area contributed by atoms with Crippen LogP contribution in [-0.2, 0) is 11.2 Å². The molecule has 156 valence electrons. The summed E-state index contributed by atoms with van der Waals surface area (Å²) in [5.74, 6) is -0.0821. The van der Waals surface area contributed by atoms with Gasteiger partial charge in [-0.3, -0.25) is 0 Å².